The zero-order valence-corrected chi connectivity index (χ0v) is 12.6. The van der Waals surface area contributed by atoms with Crippen LogP contribution < -0.4 is 5.32 Å². The third-order valence-electron chi connectivity index (χ3n) is 3.06. The summed E-state index contributed by atoms with van der Waals surface area (Å²) in [5.74, 6) is -0.539. The first-order chi connectivity index (χ1) is 9.52. The van der Waals surface area contributed by atoms with Crippen molar-refractivity contribution in [1.82, 2.24) is 10.3 Å². The second-order valence-corrected chi connectivity index (χ2v) is 5.81. The summed E-state index contributed by atoms with van der Waals surface area (Å²) in [6, 6.07) is 3.11. The van der Waals surface area contributed by atoms with Gasteiger partial charge in [-0.2, -0.15) is 0 Å². The Morgan fingerprint density at radius 1 is 1.30 bits per heavy atom. The van der Waals surface area contributed by atoms with E-state index in [1.807, 2.05) is 12.3 Å². The molecule has 0 aliphatic heterocycles. The summed E-state index contributed by atoms with van der Waals surface area (Å²) >= 11 is 1.47. The van der Waals surface area contributed by atoms with Gasteiger partial charge in [0.25, 0.3) is 0 Å². The van der Waals surface area contributed by atoms with E-state index in [0.29, 0.717) is 18.0 Å². The maximum absolute atomic E-state index is 14.0. The van der Waals surface area contributed by atoms with E-state index in [9.17, 15) is 8.78 Å². The first-order valence-electron chi connectivity index (χ1n) is 6.66. The van der Waals surface area contributed by atoms with Crippen LogP contribution in [0, 0.1) is 11.6 Å². The van der Waals surface area contributed by atoms with Gasteiger partial charge in [-0.25, -0.2) is 13.8 Å². The lowest BCUT2D eigenvalue weighted by Gasteiger charge is -2.16. The standard InChI is InChI=1S/C15H18F2N2S/c1-4-18-14(11-7-10(16)5-6-12(11)17)15-19-13(8-20-15)9(2)3/h5-9,14,18H,4H2,1-3H3. The van der Waals surface area contributed by atoms with Crippen LogP contribution in [0.4, 0.5) is 8.78 Å². The Labute approximate surface area is 121 Å². The molecule has 0 aliphatic rings. The van der Waals surface area contributed by atoms with Gasteiger partial charge in [-0.3, -0.25) is 0 Å². The molecule has 0 spiro atoms. The third kappa shape index (κ3) is 3.22. The van der Waals surface area contributed by atoms with E-state index in [2.05, 4.69) is 24.1 Å². The molecule has 0 radical (unpaired) electrons. The van der Waals surface area contributed by atoms with E-state index in [0.717, 1.165) is 22.8 Å². The summed E-state index contributed by atoms with van der Waals surface area (Å²) in [6.07, 6.45) is 0. The van der Waals surface area contributed by atoms with Gasteiger partial charge in [0, 0.05) is 10.9 Å². The zero-order chi connectivity index (χ0) is 14.7. The molecule has 5 heteroatoms. The Balaban J connectivity index is 2.41. The first kappa shape index (κ1) is 15.1. The van der Waals surface area contributed by atoms with E-state index in [-0.39, 0.29) is 0 Å². The molecule has 2 rings (SSSR count). The van der Waals surface area contributed by atoms with Crippen LogP contribution in [-0.4, -0.2) is 11.5 Å². The average molecular weight is 296 g/mol. The predicted molar refractivity (Wildman–Crippen MR) is 78.1 cm³/mol. The van der Waals surface area contributed by atoms with E-state index >= 15 is 0 Å². The Morgan fingerprint density at radius 3 is 2.65 bits per heavy atom. The van der Waals surface area contributed by atoms with E-state index in [1.165, 1.54) is 17.4 Å². The van der Waals surface area contributed by atoms with Crippen molar-refractivity contribution in [1.29, 1.82) is 0 Å². The molecule has 1 heterocycles. The molecule has 0 bridgehead atoms. The van der Waals surface area contributed by atoms with Crippen LogP contribution in [0.15, 0.2) is 23.6 Å². The van der Waals surface area contributed by atoms with Gasteiger partial charge in [0.2, 0.25) is 0 Å². The number of thiazole rings is 1. The van der Waals surface area contributed by atoms with Crippen molar-refractivity contribution < 1.29 is 8.78 Å². The van der Waals surface area contributed by atoms with Crippen molar-refractivity contribution in [3.05, 3.63) is 51.5 Å². The Morgan fingerprint density at radius 2 is 2.05 bits per heavy atom. The number of benzene rings is 1. The lowest BCUT2D eigenvalue weighted by atomic mass is 10.1. The number of hydrogen-bond donors (Lipinski definition) is 1. The van der Waals surface area contributed by atoms with Crippen LogP contribution in [0.5, 0.6) is 0 Å². The SMILES string of the molecule is CCNC(c1nc(C(C)C)cs1)c1cc(F)ccc1F. The smallest absolute Gasteiger partial charge is 0.128 e. The summed E-state index contributed by atoms with van der Waals surface area (Å²) in [5, 5.41) is 5.91. The second-order valence-electron chi connectivity index (χ2n) is 4.92. The number of rotatable bonds is 5. The summed E-state index contributed by atoms with van der Waals surface area (Å²) in [4.78, 5) is 4.54. The fourth-order valence-corrected chi connectivity index (χ4v) is 3.04. The minimum absolute atomic E-state index is 0.302. The molecule has 0 saturated heterocycles. The number of nitrogens with one attached hydrogen (secondary N) is 1. The zero-order valence-electron chi connectivity index (χ0n) is 11.8. The molecule has 1 aromatic carbocycles. The Bertz CT molecular complexity index is 581. The molecule has 1 atom stereocenters. The number of hydrogen-bond acceptors (Lipinski definition) is 3. The Hall–Kier alpha value is -1.33. The highest BCUT2D eigenvalue weighted by molar-refractivity contribution is 7.09. The molecular formula is C15H18F2N2S. The van der Waals surface area contributed by atoms with Gasteiger partial charge >= 0.3 is 0 Å². The van der Waals surface area contributed by atoms with Gasteiger partial charge in [0.05, 0.1) is 11.7 Å². The molecular weight excluding hydrogens is 278 g/mol. The highest BCUT2D eigenvalue weighted by atomic mass is 32.1. The topological polar surface area (TPSA) is 24.9 Å². The van der Waals surface area contributed by atoms with Gasteiger partial charge in [-0.1, -0.05) is 20.8 Å². The highest BCUT2D eigenvalue weighted by Gasteiger charge is 2.21. The van der Waals surface area contributed by atoms with Crippen LogP contribution in [-0.2, 0) is 0 Å². The van der Waals surface area contributed by atoms with Gasteiger partial charge in [-0.15, -0.1) is 11.3 Å². The van der Waals surface area contributed by atoms with Crippen LogP contribution in [0.25, 0.3) is 0 Å². The van der Waals surface area contributed by atoms with Crippen molar-refractivity contribution in [3.63, 3.8) is 0 Å². The average Bonchev–Trinajstić information content (AvgIpc) is 2.89. The van der Waals surface area contributed by atoms with Crippen molar-refractivity contribution in [2.24, 2.45) is 0 Å². The molecule has 1 N–H and O–H groups in total. The summed E-state index contributed by atoms with van der Waals surface area (Å²) in [6.45, 7) is 6.70. The van der Waals surface area contributed by atoms with Crippen molar-refractivity contribution in [3.8, 4) is 0 Å². The molecule has 1 aromatic heterocycles. The van der Waals surface area contributed by atoms with E-state index < -0.39 is 17.7 Å². The third-order valence-corrected chi connectivity index (χ3v) is 3.98. The molecule has 0 amide bonds. The number of aromatic nitrogens is 1. The summed E-state index contributed by atoms with van der Waals surface area (Å²) in [5.41, 5.74) is 1.28. The fraction of sp³-hybridized carbons (Fsp3) is 0.400. The maximum Gasteiger partial charge on any atom is 0.128 e. The largest absolute Gasteiger partial charge is 0.304 e. The minimum atomic E-state index is -0.440. The van der Waals surface area contributed by atoms with Crippen molar-refractivity contribution in [2.45, 2.75) is 32.7 Å². The fourth-order valence-electron chi connectivity index (χ4n) is 1.97. The van der Waals surface area contributed by atoms with Gasteiger partial charge < -0.3 is 5.32 Å². The normalized spacial score (nSPS) is 12.9. The van der Waals surface area contributed by atoms with Gasteiger partial charge in [-0.05, 0) is 30.7 Å². The maximum atomic E-state index is 14.0. The molecule has 108 valence electrons. The van der Waals surface area contributed by atoms with Gasteiger partial charge in [0.1, 0.15) is 16.6 Å². The van der Waals surface area contributed by atoms with Crippen LogP contribution in [0.3, 0.4) is 0 Å². The van der Waals surface area contributed by atoms with Crippen LogP contribution >= 0.6 is 11.3 Å². The molecule has 1 unspecified atom stereocenters. The molecule has 0 fully saturated rings. The number of halogens is 2. The quantitative estimate of drug-likeness (QED) is 0.892. The molecule has 2 aromatic rings. The minimum Gasteiger partial charge on any atom is -0.304 e. The van der Waals surface area contributed by atoms with Crippen LogP contribution in [0.2, 0.25) is 0 Å². The van der Waals surface area contributed by atoms with E-state index in [4.69, 9.17) is 0 Å². The molecule has 2 nitrogen and oxygen atoms in total. The van der Waals surface area contributed by atoms with E-state index in [1.54, 1.807) is 0 Å². The van der Waals surface area contributed by atoms with Gasteiger partial charge in [0.15, 0.2) is 0 Å². The van der Waals surface area contributed by atoms with Crippen molar-refractivity contribution in [2.75, 3.05) is 6.54 Å². The Kier molecular flexibility index (Phi) is 4.83. The summed E-state index contributed by atoms with van der Waals surface area (Å²) < 4.78 is 27.3. The summed E-state index contributed by atoms with van der Waals surface area (Å²) in [7, 11) is 0. The first-order valence-corrected chi connectivity index (χ1v) is 7.54. The lowest BCUT2D eigenvalue weighted by molar-refractivity contribution is 0.542. The predicted octanol–water partition coefficient (Wildman–Crippen LogP) is 4.24. The van der Waals surface area contributed by atoms with Crippen molar-refractivity contribution >= 4 is 11.3 Å². The van der Waals surface area contributed by atoms with Crippen LogP contribution in [0.1, 0.15) is 49.0 Å². The second kappa shape index (κ2) is 6.41. The highest BCUT2D eigenvalue weighted by Crippen LogP contribution is 2.29. The monoisotopic (exact) mass is 296 g/mol. The number of nitrogens with zero attached hydrogens (tertiary/aromatic N) is 1. The molecule has 20 heavy (non-hydrogen) atoms. The molecule has 0 saturated carbocycles. The molecule has 0 aliphatic carbocycles. The lowest BCUT2D eigenvalue weighted by Crippen LogP contribution is -2.23.